The van der Waals surface area contributed by atoms with Gasteiger partial charge in [0.25, 0.3) is 17.4 Å². The van der Waals surface area contributed by atoms with E-state index in [0.29, 0.717) is 17.1 Å². The van der Waals surface area contributed by atoms with Crippen LogP contribution in [-0.4, -0.2) is 21.2 Å². The number of rotatable bonds is 4. The molecule has 0 spiro atoms. The maximum absolute atomic E-state index is 13.2. The third kappa shape index (κ3) is 3.97. The number of hydrogen-bond donors (Lipinski definition) is 2. The second-order valence-corrected chi connectivity index (χ2v) is 8.13. The van der Waals surface area contributed by atoms with Crippen molar-refractivity contribution in [1.82, 2.24) is 9.38 Å². The van der Waals surface area contributed by atoms with E-state index in [4.69, 9.17) is 0 Å². The Bertz CT molecular complexity index is 1370. The van der Waals surface area contributed by atoms with E-state index in [-0.39, 0.29) is 15.5 Å². The molecule has 7 nitrogen and oxygen atoms in total. The summed E-state index contributed by atoms with van der Waals surface area (Å²) in [6, 6.07) is 15.8. The minimum absolute atomic E-state index is 0.0378. The molecule has 0 aliphatic carbocycles. The Kier molecular flexibility index (Phi) is 5.39. The summed E-state index contributed by atoms with van der Waals surface area (Å²) >= 11 is 1.01. The first-order chi connectivity index (χ1) is 14.8. The Balaban J connectivity index is 1.82. The molecule has 0 bridgehead atoms. The number of carbonyl (C=O) groups excluding carboxylic acids is 2. The number of aromatic nitrogens is 2. The molecule has 4 rings (SSSR count). The lowest BCUT2D eigenvalue weighted by molar-refractivity contribution is 0.0989. The van der Waals surface area contributed by atoms with Gasteiger partial charge in [-0.15, -0.1) is 0 Å². The molecule has 2 amide bonds. The fourth-order valence-corrected chi connectivity index (χ4v) is 4.29. The van der Waals surface area contributed by atoms with Crippen LogP contribution in [0, 0.1) is 20.8 Å². The van der Waals surface area contributed by atoms with Gasteiger partial charge in [-0.05, 0) is 50.1 Å². The van der Waals surface area contributed by atoms with Gasteiger partial charge in [0, 0.05) is 23.1 Å². The fraction of sp³-hybridized carbons (Fsp3) is 0.130. The molecule has 31 heavy (non-hydrogen) atoms. The number of benzene rings is 2. The Morgan fingerprint density at radius 1 is 0.935 bits per heavy atom. The van der Waals surface area contributed by atoms with Crippen LogP contribution in [0.4, 0.5) is 11.4 Å². The molecule has 0 atom stereocenters. The van der Waals surface area contributed by atoms with E-state index >= 15 is 0 Å². The van der Waals surface area contributed by atoms with E-state index in [0.717, 1.165) is 22.5 Å². The van der Waals surface area contributed by atoms with Gasteiger partial charge in [0.15, 0.2) is 4.96 Å². The molecule has 0 fully saturated rings. The second-order valence-electron chi connectivity index (χ2n) is 7.16. The highest BCUT2D eigenvalue weighted by atomic mass is 32.1. The predicted molar refractivity (Wildman–Crippen MR) is 122 cm³/mol. The van der Waals surface area contributed by atoms with Crippen LogP contribution in [0.2, 0.25) is 0 Å². The van der Waals surface area contributed by atoms with Crippen molar-refractivity contribution in [2.75, 3.05) is 10.6 Å². The molecule has 2 N–H and O–H groups in total. The van der Waals surface area contributed by atoms with Crippen molar-refractivity contribution in [2.24, 2.45) is 0 Å². The standard InChI is InChI=1S/C23H20N4O3S/c1-13-8-7-11-17(15(13)3)26-22(30)20-19(21(29)25-16-9-5-4-6-10-16)27-18(28)12-14(2)24-23(27)31-20/h4-12H,1-3H3,(H,25,29)(H,26,30). The second kappa shape index (κ2) is 8.16. The van der Waals surface area contributed by atoms with Crippen molar-refractivity contribution >= 4 is 39.5 Å². The Hall–Kier alpha value is -3.78. The van der Waals surface area contributed by atoms with Crippen LogP contribution < -0.4 is 16.2 Å². The molecule has 4 aromatic rings. The van der Waals surface area contributed by atoms with Crippen LogP contribution in [-0.2, 0) is 0 Å². The number of thiazole rings is 1. The molecular weight excluding hydrogens is 412 g/mol. The average Bonchev–Trinajstić information content (AvgIpc) is 3.12. The monoisotopic (exact) mass is 432 g/mol. The molecule has 2 aromatic heterocycles. The molecule has 0 unspecified atom stereocenters. The average molecular weight is 433 g/mol. The number of carbonyl (C=O) groups is 2. The quantitative estimate of drug-likeness (QED) is 0.506. The van der Waals surface area contributed by atoms with Crippen LogP contribution in [0.1, 0.15) is 37.0 Å². The lowest BCUT2D eigenvalue weighted by Crippen LogP contribution is -2.25. The summed E-state index contributed by atoms with van der Waals surface area (Å²) in [4.78, 5) is 43.8. The van der Waals surface area contributed by atoms with Gasteiger partial charge in [0.05, 0.1) is 0 Å². The number of aryl methyl sites for hydroxylation is 2. The van der Waals surface area contributed by atoms with E-state index in [1.807, 2.05) is 32.0 Å². The zero-order valence-electron chi connectivity index (χ0n) is 17.2. The fourth-order valence-electron chi connectivity index (χ4n) is 3.22. The summed E-state index contributed by atoms with van der Waals surface area (Å²) in [6.45, 7) is 5.56. The van der Waals surface area contributed by atoms with Crippen molar-refractivity contribution in [1.29, 1.82) is 0 Å². The summed E-state index contributed by atoms with van der Waals surface area (Å²) in [5.41, 5.74) is 3.23. The normalized spacial score (nSPS) is 10.8. The molecular formula is C23H20N4O3S. The maximum Gasteiger partial charge on any atom is 0.274 e. The summed E-state index contributed by atoms with van der Waals surface area (Å²) in [6.07, 6.45) is 0. The Morgan fingerprint density at radius 3 is 2.42 bits per heavy atom. The van der Waals surface area contributed by atoms with Crippen molar-refractivity contribution in [3.8, 4) is 0 Å². The molecule has 2 heterocycles. The summed E-state index contributed by atoms with van der Waals surface area (Å²) in [5, 5.41) is 5.63. The molecule has 0 aliphatic heterocycles. The van der Waals surface area contributed by atoms with Crippen molar-refractivity contribution in [3.05, 3.63) is 92.3 Å². The van der Waals surface area contributed by atoms with Crippen molar-refractivity contribution < 1.29 is 9.59 Å². The summed E-state index contributed by atoms with van der Waals surface area (Å²) in [7, 11) is 0. The lowest BCUT2D eigenvalue weighted by Gasteiger charge is -2.11. The number of anilines is 2. The van der Waals surface area contributed by atoms with Gasteiger partial charge in [0.2, 0.25) is 0 Å². The Labute approximate surface area is 182 Å². The number of nitrogens with zero attached hydrogens (tertiary/aromatic N) is 2. The first-order valence-corrected chi connectivity index (χ1v) is 10.4. The molecule has 0 radical (unpaired) electrons. The summed E-state index contributed by atoms with van der Waals surface area (Å²) < 4.78 is 1.19. The number of hydrogen-bond acceptors (Lipinski definition) is 5. The van der Waals surface area contributed by atoms with Crippen molar-refractivity contribution in [2.45, 2.75) is 20.8 Å². The van der Waals surface area contributed by atoms with Crippen LogP contribution in [0.15, 0.2) is 59.4 Å². The van der Waals surface area contributed by atoms with Gasteiger partial charge in [-0.2, -0.15) is 0 Å². The summed E-state index contributed by atoms with van der Waals surface area (Å²) in [5.74, 6) is -1.03. The number of fused-ring (bicyclic) bond motifs is 1. The van der Waals surface area contributed by atoms with Crippen LogP contribution in [0.25, 0.3) is 4.96 Å². The minimum atomic E-state index is -0.559. The molecule has 2 aromatic carbocycles. The Morgan fingerprint density at radius 2 is 1.68 bits per heavy atom. The lowest BCUT2D eigenvalue weighted by atomic mass is 10.1. The third-order valence-electron chi connectivity index (χ3n) is 4.95. The topological polar surface area (TPSA) is 92.6 Å². The van der Waals surface area contributed by atoms with E-state index in [9.17, 15) is 14.4 Å². The predicted octanol–water partition coefficient (Wildman–Crippen LogP) is 4.19. The van der Waals surface area contributed by atoms with Gasteiger partial charge in [-0.1, -0.05) is 41.7 Å². The molecule has 8 heteroatoms. The van der Waals surface area contributed by atoms with Crippen molar-refractivity contribution in [3.63, 3.8) is 0 Å². The first-order valence-electron chi connectivity index (χ1n) is 9.62. The number of para-hydroxylation sites is 1. The maximum atomic E-state index is 13.2. The minimum Gasteiger partial charge on any atom is -0.321 e. The van der Waals surface area contributed by atoms with E-state index in [2.05, 4.69) is 15.6 Å². The smallest absolute Gasteiger partial charge is 0.274 e. The highest BCUT2D eigenvalue weighted by Crippen LogP contribution is 2.25. The highest BCUT2D eigenvalue weighted by molar-refractivity contribution is 7.19. The zero-order valence-corrected chi connectivity index (χ0v) is 18.0. The van der Waals surface area contributed by atoms with Gasteiger partial charge in [0.1, 0.15) is 10.6 Å². The molecule has 0 saturated carbocycles. The molecule has 156 valence electrons. The highest BCUT2D eigenvalue weighted by Gasteiger charge is 2.26. The zero-order chi connectivity index (χ0) is 22.1. The van der Waals surface area contributed by atoms with Crippen LogP contribution >= 0.6 is 11.3 Å². The van der Waals surface area contributed by atoms with Gasteiger partial charge in [-0.25, -0.2) is 9.38 Å². The number of amides is 2. The molecule has 0 saturated heterocycles. The third-order valence-corrected chi connectivity index (χ3v) is 5.99. The van der Waals surface area contributed by atoms with Crippen LogP contribution in [0.5, 0.6) is 0 Å². The van der Waals surface area contributed by atoms with E-state index in [1.165, 1.54) is 10.5 Å². The number of nitrogens with one attached hydrogen (secondary N) is 2. The van der Waals surface area contributed by atoms with E-state index < -0.39 is 17.4 Å². The van der Waals surface area contributed by atoms with E-state index in [1.54, 1.807) is 37.3 Å². The van der Waals surface area contributed by atoms with Gasteiger partial charge < -0.3 is 10.6 Å². The van der Waals surface area contributed by atoms with Crippen LogP contribution in [0.3, 0.4) is 0 Å². The molecule has 0 aliphatic rings. The van der Waals surface area contributed by atoms with Gasteiger partial charge >= 0.3 is 0 Å². The largest absolute Gasteiger partial charge is 0.321 e. The first kappa shape index (κ1) is 20.5. The SMILES string of the molecule is Cc1cc(=O)n2c(C(=O)Nc3ccccc3)c(C(=O)Nc3cccc(C)c3C)sc2n1. The van der Waals surface area contributed by atoms with Gasteiger partial charge in [-0.3, -0.25) is 14.4 Å².